The Balaban J connectivity index is 1.94. The van der Waals surface area contributed by atoms with E-state index in [1.54, 1.807) is 0 Å². The Morgan fingerprint density at radius 1 is 1.20 bits per heavy atom. The predicted octanol–water partition coefficient (Wildman–Crippen LogP) is 3.07. The molecule has 1 atom stereocenters. The van der Waals surface area contributed by atoms with Crippen LogP contribution in [0.2, 0.25) is 0 Å². The van der Waals surface area contributed by atoms with E-state index in [1.807, 2.05) is 13.0 Å². The quantitative estimate of drug-likeness (QED) is 0.898. The highest BCUT2D eigenvalue weighted by atomic mass is 16.5. The summed E-state index contributed by atoms with van der Waals surface area (Å²) in [5.41, 5.74) is 1.26. The predicted molar refractivity (Wildman–Crippen MR) is 81.9 cm³/mol. The largest absolute Gasteiger partial charge is 0.491 e. The van der Waals surface area contributed by atoms with Crippen LogP contribution in [0.15, 0.2) is 24.3 Å². The molecular formula is C17H27NO2. The number of piperidine rings is 1. The Bertz CT molecular complexity index is 409. The van der Waals surface area contributed by atoms with Crippen LogP contribution in [0.25, 0.3) is 0 Å². The highest BCUT2D eigenvalue weighted by molar-refractivity contribution is 5.33. The Morgan fingerprint density at radius 3 is 2.45 bits per heavy atom. The molecule has 0 bridgehead atoms. The minimum absolute atomic E-state index is 0.172. The third kappa shape index (κ3) is 4.22. The second kappa shape index (κ2) is 7.09. The minimum atomic E-state index is -0.172. The van der Waals surface area contributed by atoms with Crippen LogP contribution in [0.5, 0.6) is 5.75 Å². The number of benzene rings is 1. The molecule has 1 N–H and O–H groups in total. The van der Waals surface area contributed by atoms with Crippen molar-refractivity contribution in [3.8, 4) is 5.75 Å². The van der Waals surface area contributed by atoms with Crippen molar-refractivity contribution in [2.24, 2.45) is 5.92 Å². The highest BCUT2D eigenvalue weighted by Gasteiger charge is 2.23. The normalized spacial score (nSPS) is 19.2. The molecule has 0 saturated carbocycles. The van der Waals surface area contributed by atoms with Crippen molar-refractivity contribution in [2.75, 3.05) is 13.1 Å². The van der Waals surface area contributed by atoms with Crippen molar-refractivity contribution in [3.63, 3.8) is 0 Å². The van der Waals surface area contributed by atoms with E-state index in [4.69, 9.17) is 4.74 Å². The van der Waals surface area contributed by atoms with Gasteiger partial charge in [-0.15, -0.1) is 0 Å². The molecule has 0 aliphatic carbocycles. The molecule has 0 radical (unpaired) electrons. The molecule has 0 aromatic heterocycles. The topological polar surface area (TPSA) is 32.7 Å². The Kier molecular flexibility index (Phi) is 5.44. The fourth-order valence-electron chi connectivity index (χ4n) is 2.84. The molecule has 1 aliphatic rings. The number of hydrogen-bond donors (Lipinski definition) is 1. The summed E-state index contributed by atoms with van der Waals surface area (Å²) in [4.78, 5) is 2.46. The van der Waals surface area contributed by atoms with Crippen molar-refractivity contribution < 1.29 is 9.84 Å². The summed E-state index contributed by atoms with van der Waals surface area (Å²) < 4.78 is 5.88. The molecule has 20 heavy (non-hydrogen) atoms. The Hall–Kier alpha value is -1.06. The van der Waals surface area contributed by atoms with Gasteiger partial charge in [-0.1, -0.05) is 18.2 Å². The average molecular weight is 277 g/mol. The summed E-state index contributed by atoms with van der Waals surface area (Å²) in [6.45, 7) is 9.09. The van der Waals surface area contributed by atoms with Crippen molar-refractivity contribution in [1.82, 2.24) is 4.90 Å². The SMILES string of the molecule is CC(C)Oc1ccccc1CN1CCC(C(C)O)CC1. The number of hydrogen-bond acceptors (Lipinski definition) is 3. The van der Waals surface area contributed by atoms with Gasteiger partial charge in [-0.2, -0.15) is 0 Å². The van der Waals surface area contributed by atoms with E-state index < -0.39 is 0 Å². The lowest BCUT2D eigenvalue weighted by atomic mass is 9.92. The van der Waals surface area contributed by atoms with Crippen LogP contribution in [0, 0.1) is 5.92 Å². The van der Waals surface area contributed by atoms with E-state index in [-0.39, 0.29) is 12.2 Å². The fourth-order valence-corrected chi connectivity index (χ4v) is 2.84. The maximum Gasteiger partial charge on any atom is 0.124 e. The zero-order valence-corrected chi connectivity index (χ0v) is 12.9. The van der Waals surface area contributed by atoms with Crippen molar-refractivity contribution in [3.05, 3.63) is 29.8 Å². The van der Waals surface area contributed by atoms with Crippen molar-refractivity contribution in [1.29, 1.82) is 0 Å². The molecule has 1 aromatic rings. The van der Waals surface area contributed by atoms with Crippen LogP contribution < -0.4 is 4.74 Å². The Morgan fingerprint density at radius 2 is 1.85 bits per heavy atom. The second-order valence-corrected chi connectivity index (χ2v) is 6.13. The first-order valence-corrected chi connectivity index (χ1v) is 7.71. The van der Waals surface area contributed by atoms with E-state index in [9.17, 15) is 5.11 Å². The van der Waals surface area contributed by atoms with Gasteiger partial charge in [0.25, 0.3) is 0 Å². The molecule has 2 rings (SSSR count). The summed E-state index contributed by atoms with van der Waals surface area (Å²) in [6.07, 6.45) is 2.21. The molecule has 1 aromatic carbocycles. The number of rotatable bonds is 5. The molecule has 0 spiro atoms. The lowest BCUT2D eigenvalue weighted by Crippen LogP contribution is -2.36. The molecule has 0 amide bonds. The number of ether oxygens (including phenoxy) is 1. The van der Waals surface area contributed by atoms with Gasteiger partial charge < -0.3 is 9.84 Å². The fraction of sp³-hybridized carbons (Fsp3) is 0.647. The molecule has 3 heteroatoms. The van der Waals surface area contributed by atoms with Gasteiger partial charge in [0.2, 0.25) is 0 Å². The Labute approximate surface area is 122 Å². The highest BCUT2D eigenvalue weighted by Crippen LogP contribution is 2.25. The van der Waals surface area contributed by atoms with E-state index in [1.165, 1.54) is 5.56 Å². The monoisotopic (exact) mass is 277 g/mol. The minimum Gasteiger partial charge on any atom is -0.491 e. The average Bonchev–Trinajstić information content (AvgIpc) is 2.41. The first kappa shape index (κ1) is 15.3. The molecule has 1 fully saturated rings. The second-order valence-electron chi connectivity index (χ2n) is 6.13. The van der Waals surface area contributed by atoms with Crippen LogP contribution in [-0.4, -0.2) is 35.3 Å². The van der Waals surface area contributed by atoms with E-state index in [2.05, 4.69) is 36.9 Å². The van der Waals surface area contributed by atoms with Gasteiger partial charge in [-0.05, 0) is 58.7 Å². The third-order valence-electron chi connectivity index (χ3n) is 4.04. The van der Waals surface area contributed by atoms with E-state index >= 15 is 0 Å². The van der Waals surface area contributed by atoms with Crippen LogP contribution in [0.4, 0.5) is 0 Å². The van der Waals surface area contributed by atoms with Gasteiger partial charge >= 0.3 is 0 Å². The molecule has 1 saturated heterocycles. The van der Waals surface area contributed by atoms with Gasteiger partial charge in [0, 0.05) is 12.1 Å². The van der Waals surface area contributed by atoms with E-state index in [0.29, 0.717) is 5.92 Å². The lowest BCUT2D eigenvalue weighted by molar-refractivity contribution is 0.0690. The molecule has 1 aliphatic heterocycles. The summed E-state index contributed by atoms with van der Waals surface area (Å²) in [5, 5.41) is 9.66. The smallest absolute Gasteiger partial charge is 0.124 e. The summed E-state index contributed by atoms with van der Waals surface area (Å²) in [6, 6.07) is 8.31. The van der Waals surface area contributed by atoms with Crippen LogP contribution in [-0.2, 0) is 6.54 Å². The first-order chi connectivity index (χ1) is 9.56. The number of likely N-dealkylation sites (tertiary alicyclic amines) is 1. The van der Waals surface area contributed by atoms with E-state index in [0.717, 1.165) is 38.2 Å². The molecular weight excluding hydrogens is 250 g/mol. The molecule has 112 valence electrons. The summed E-state index contributed by atoms with van der Waals surface area (Å²) in [5.74, 6) is 1.47. The first-order valence-electron chi connectivity index (χ1n) is 7.71. The summed E-state index contributed by atoms with van der Waals surface area (Å²) in [7, 11) is 0. The molecule has 3 nitrogen and oxygen atoms in total. The van der Waals surface area contributed by atoms with Crippen molar-refractivity contribution in [2.45, 2.75) is 52.4 Å². The maximum atomic E-state index is 9.66. The maximum absolute atomic E-state index is 9.66. The van der Waals surface area contributed by atoms with Gasteiger partial charge in [0.15, 0.2) is 0 Å². The van der Waals surface area contributed by atoms with Gasteiger partial charge in [0.1, 0.15) is 5.75 Å². The standard InChI is InChI=1S/C17H27NO2/c1-13(2)20-17-7-5-4-6-16(17)12-18-10-8-15(9-11-18)14(3)19/h4-7,13-15,19H,8-12H2,1-3H3. The number of aliphatic hydroxyl groups is 1. The number of para-hydroxylation sites is 1. The van der Waals surface area contributed by atoms with Gasteiger partial charge in [-0.3, -0.25) is 4.90 Å². The number of aliphatic hydroxyl groups excluding tert-OH is 1. The van der Waals surface area contributed by atoms with Crippen LogP contribution >= 0.6 is 0 Å². The number of nitrogens with zero attached hydrogens (tertiary/aromatic N) is 1. The third-order valence-corrected chi connectivity index (χ3v) is 4.04. The zero-order valence-electron chi connectivity index (χ0n) is 12.9. The van der Waals surface area contributed by atoms with Crippen LogP contribution in [0.3, 0.4) is 0 Å². The molecule has 1 heterocycles. The van der Waals surface area contributed by atoms with Crippen LogP contribution in [0.1, 0.15) is 39.2 Å². The molecule has 1 unspecified atom stereocenters. The lowest BCUT2D eigenvalue weighted by Gasteiger charge is -2.33. The summed E-state index contributed by atoms with van der Waals surface area (Å²) >= 11 is 0. The van der Waals surface area contributed by atoms with Crippen molar-refractivity contribution >= 4 is 0 Å². The zero-order chi connectivity index (χ0) is 14.5. The van der Waals surface area contributed by atoms with Gasteiger partial charge in [-0.25, -0.2) is 0 Å². The van der Waals surface area contributed by atoms with Gasteiger partial charge in [0.05, 0.1) is 12.2 Å².